The van der Waals surface area contributed by atoms with Crippen LogP contribution in [0.5, 0.6) is 0 Å². The molecule has 0 saturated carbocycles. The van der Waals surface area contributed by atoms with Crippen LogP contribution in [0.1, 0.15) is 12.8 Å². The summed E-state index contributed by atoms with van der Waals surface area (Å²) in [6.07, 6.45) is 4.73. The number of nitrogens with one attached hydrogen (secondary N) is 1. The SMILES string of the molecule is Brc1ccc(N2CC3CCC(CNC3)C2)cn1. The zero-order valence-electron chi connectivity index (χ0n) is 9.90. The van der Waals surface area contributed by atoms with Crippen LogP contribution in [0.3, 0.4) is 0 Å². The first kappa shape index (κ1) is 11.5. The van der Waals surface area contributed by atoms with Crippen LogP contribution in [0, 0.1) is 11.8 Å². The van der Waals surface area contributed by atoms with Gasteiger partial charge in [0, 0.05) is 13.1 Å². The molecule has 0 aromatic carbocycles. The van der Waals surface area contributed by atoms with Crippen LogP contribution >= 0.6 is 15.9 Å². The molecule has 0 aliphatic carbocycles. The van der Waals surface area contributed by atoms with Gasteiger partial charge in [0.05, 0.1) is 11.9 Å². The van der Waals surface area contributed by atoms with E-state index in [1.807, 2.05) is 12.3 Å². The van der Waals surface area contributed by atoms with Crippen LogP contribution in [0.2, 0.25) is 0 Å². The minimum absolute atomic E-state index is 0.797. The summed E-state index contributed by atoms with van der Waals surface area (Å²) in [6, 6.07) is 4.21. The minimum atomic E-state index is 0.797. The number of hydrogen-bond donors (Lipinski definition) is 1. The standard InChI is InChI=1S/C13H18BrN3/c14-13-4-3-12(7-16-13)17-8-10-1-2-11(9-17)6-15-5-10/h3-4,7,10-11,15H,1-2,5-6,8-9H2. The molecule has 1 aromatic heterocycles. The molecule has 3 heterocycles. The summed E-state index contributed by atoms with van der Waals surface area (Å²) in [5.74, 6) is 1.59. The topological polar surface area (TPSA) is 28.2 Å². The van der Waals surface area contributed by atoms with Crippen LogP contribution in [0.25, 0.3) is 0 Å². The lowest BCUT2D eigenvalue weighted by Gasteiger charge is -2.30. The van der Waals surface area contributed by atoms with Gasteiger partial charge in [-0.3, -0.25) is 0 Å². The molecular weight excluding hydrogens is 278 g/mol. The Bertz CT molecular complexity index is 365. The summed E-state index contributed by atoms with van der Waals surface area (Å²) in [4.78, 5) is 6.85. The Kier molecular flexibility index (Phi) is 3.34. The molecule has 2 aliphatic rings. The summed E-state index contributed by atoms with van der Waals surface area (Å²) >= 11 is 3.39. The van der Waals surface area contributed by atoms with Crippen molar-refractivity contribution in [2.45, 2.75) is 12.8 Å². The number of nitrogens with zero attached hydrogens (tertiary/aromatic N) is 2. The lowest BCUT2D eigenvalue weighted by atomic mass is 10.0. The molecule has 2 fully saturated rings. The van der Waals surface area contributed by atoms with Crippen molar-refractivity contribution in [3.63, 3.8) is 0 Å². The molecule has 2 bridgehead atoms. The highest BCUT2D eigenvalue weighted by Crippen LogP contribution is 2.27. The Morgan fingerprint density at radius 1 is 1.18 bits per heavy atom. The van der Waals surface area contributed by atoms with Crippen molar-refractivity contribution < 1.29 is 0 Å². The molecule has 1 aromatic rings. The quantitative estimate of drug-likeness (QED) is 0.806. The van der Waals surface area contributed by atoms with E-state index in [9.17, 15) is 0 Å². The molecule has 2 unspecified atom stereocenters. The second kappa shape index (κ2) is 4.94. The molecule has 92 valence electrons. The van der Waals surface area contributed by atoms with Gasteiger partial charge in [0.1, 0.15) is 4.60 Å². The Labute approximate surface area is 111 Å². The van der Waals surface area contributed by atoms with E-state index in [0.717, 1.165) is 16.4 Å². The first-order chi connectivity index (χ1) is 8.31. The number of rotatable bonds is 1. The van der Waals surface area contributed by atoms with Gasteiger partial charge in [0.2, 0.25) is 0 Å². The fourth-order valence-electron chi connectivity index (χ4n) is 2.94. The molecule has 4 heteroatoms. The van der Waals surface area contributed by atoms with Crippen molar-refractivity contribution >= 4 is 21.6 Å². The van der Waals surface area contributed by atoms with Gasteiger partial charge in [-0.25, -0.2) is 4.98 Å². The lowest BCUT2D eigenvalue weighted by Crippen LogP contribution is -2.40. The van der Waals surface area contributed by atoms with Crippen molar-refractivity contribution in [1.82, 2.24) is 10.3 Å². The summed E-state index contributed by atoms with van der Waals surface area (Å²) in [5, 5.41) is 3.58. The first-order valence-electron chi connectivity index (χ1n) is 6.38. The zero-order valence-corrected chi connectivity index (χ0v) is 11.5. The molecule has 2 aliphatic heterocycles. The van der Waals surface area contributed by atoms with Gasteiger partial charge in [-0.05, 0) is 65.8 Å². The van der Waals surface area contributed by atoms with E-state index in [2.05, 4.69) is 37.2 Å². The zero-order chi connectivity index (χ0) is 11.7. The van der Waals surface area contributed by atoms with Gasteiger partial charge >= 0.3 is 0 Å². The largest absolute Gasteiger partial charge is 0.370 e. The second-order valence-electron chi connectivity index (χ2n) is 5.21. The second-order valence-corrected chi connectivity index (χ2v) is 6.02. The highest BCUT2D eigenvalue weighted by molar-refractivity contribution is 9.10. The smallest absolute Gasteiger partial charge is 0.106 e. The molecule has 2 atom stereocenters. The molecule has 3 rings (SSSR count). The lowest BCUT2D eigenvalue weighted by molar-refractivity contribution is 0.459. The highest BCUT2D eigenvalue weighted by Gasteiger charge is 2.27. The normalized spacial score (nSPS) is 28.9. The molecule has 0 spiro atoms. The summed E-state index contributed by atoms with van der Waals surface area (Å²) < 4.78 is 0.915. The predicted molar refractivity (Wildman–Crippen MR) is 73.2 cm³/mol. The number of anilines is 1. The Morgan fingerprint density at radius 2 is 1.88 bits per heavy atom. The maximum absolute atomic E-state index is 4.34. The predicted octanol–water partition coefficient (Wildman–Crippen LogP) is 2.28. The van der Waals surface area contributed by atoms with Crippen molar-refractivity contribution in [3.05, 3.63) is 22.9 Å². The monoisotopic (exact) mass is 295 g/mol. The molecular formula is C13H18BrN3. The number of fused-ring (bicyclic) bond motifs is 3. The maximum atomic E-state index is 4.34. The maximum Gasteiger partial charge on any atom is 0.106 e. The Morgan fingerprint density at radius 3 is 2.47 bits per heavy atom. The number of pyridine rings is 1. The molecule has 0 radical (unpaired) electrons. The summed E-state index contributed by atoms with van der Waals surface area (Å²) in [5.41, 5.74) is 1.27. The van der Waals surface area contributed by atoms with Crippen LogP contribution in [0.4, 0.5) is 5.69 Å². The van der Waals surface area contributed by atoms with Gasteiger partial charge in [0.15, 0.2) is 0 Å². The van der Waals surface area contributed by atoms with Crippen LogP contribution in [-0.4, -0.2) is 31.2 Å². The third-order valence-electron chi connectivity index (χ3n) is 3.88. The third kappa shape index (κ3) is 2.63. The van der Waals surface area contributed by atoms with Gasteiger partial charge < -0.3 is 10.2 Å². The van der Waals surface area contributed by atoms with Gasteiger partial charge in [-0.2, -0.15) is 0 Å². The van der Waals surface area contributed by atoms with Crippen LogP contribution in [-0.2, 0) is 0 Å². The number of aromatic nitrogens is 1. The van der Waals surface area contributed by atoms with E-state index in [4.69, 9.17) is 0 Å². The first-order valence-corrected chi connectivity index (χ1v) is 7.18. The van der Waals surface area contributed by atoms with E-state index in [1.165, 1.54) is 44.7 Å². The minimum Gasteiger partial charge on any atom is -0.370 e. The molecule has 3 nitrogen and oxygen atoms in total. The van der Waals surface area contributed by atoms with Crippen molar-refractivity contribution in [1.29, 1.82) is 0 Å². The van der Waals surface area contributed by atoms with Crippen molar-refractivity contribution in [2.24, 2.45) is 11.8 Å². The van der Waals surface area contributed by atoms with E-state index >= 15 is 0 Å². The van der Waals surface area contributed by atoms with Crippen LogP contribution in [0.15, 0.2) is 22.9 Å². The van der Waals surface area contributed by atoms with Crippen molar-refractivity contribution in [3.8, 4) is 0 Å². The van der Waals surface area contributed by atoms with E-state index in [0.29, 0.717) is 0 Å². The number of halogens is 1. The number of hydrogen-bond acceptors (Lipinski definition) is 3. The molecule has 2 saturated heterocycles. The average Bonchev–Trinajstić information content (AvgIpc) is 2.63. The van der Waals surface area contributed by atoms with Crippen LogP contribution < -0.4 is 10.2 Å². The Hall–Kier alpha value is -0.610. The highest BCUT2D eigenvalue weighted by atomic mass is 79.9. The van der Waals surface area contributed by atoms with Crippen molar-refractivity contribution in [2.75, 3.05) is 31.1 Å². The average molecular weight is 296 g/mol. The Balaban J connectivity index is 1.81. The van der Waals surface area contributed by atoms with Gasteiger partial charge in [-0.1, -0.05) is 0 Å². The van der Waals surface area contributed by atoms with Gasteiger partial charge in [-0.15, -0.1) is 0 Å². The summed E-state index contributed by atoms with van der Waals surface area (Å²) in [6.45, 7) is 4.70. The van der Waals surface area contributed by atoms with E-state index in [1.54, 1.807) is 0 Å². The summed E-state index contributed by atoms with van der Waals surface area (Å²) in [7, 11) is 0. The third-order valence-corrected chi connectivity index (χ3v) is 4.35. The fraction of sp³-hybridized carbons (Fsp3) is 0.615. The molecule has 0 amide bonds. The van der Waals surface area contributed by atoms with Gasteiger partial charge in [0.25, 0.3) is 0 Å². The van der Waals surface area contributed by atoms with E-state index in [-0.39, 0.29) is 0 Å². The van der Waals surface area contributed by atoms with E-state index < -0.39 is 0 Å². The molecule has 1 N–H and O–H groups in total. The molecule has 17 heavy (non-hydrogen) atoms. The fourth-order valence-corrected chi connectivity index (χ4v) is 3.18.